The zero-order chi connectivity index (χ0) is 39.0. The smallest absolute Gasteiger partial charge is 0.349 e. The number of ether oxygens (including phenoxy) is 1. The van der Waals surface area contributed by atoms with Crippen molar-refractivity contribution in [3.8, 4) is 5.75 Å². The van der Waals surface area contributed by atoms with Crippen LogP contribution in [0.2, 0.25) is 0 Å². The number of benzene rings is 2. The number of hydrogen-bond donors (Lipinski definition) is 5. The molecule has 1 fully saturated rings. The van der Waals surface area contributed by atoms with Gasteiger partial charge in [-0.3, -0.25) is 4.79 Å². The van der Waals surface area contributed by atoms with Gasteiger partial charge >= 0.3 is 5.97 Å². The summed E-state index contributed by atoms with van der Waals surface area (Å²) in [6.07, 6.45) is 4.64. The van der Waals surface area contributed by atoms with E-state index in [1.54, 1.807) is 24.5 Å². The lowest BCUT2D eigenvalue weighted by molar-refractivity contribution is -0.169. The third kappa shape index (κ3) is 7.38. The molecule has 15 heteroatoms. The maximum atomic E-state index is 13.5. The molecular weight excluding hydrogens is 753 g/mol. The summed E-state index contributed by atoms with van der Waals surface area (Å²) < 4.78 is 13.9. The van der Waals surface area contributed by atoms with Gasteiger partial charge in [-0.25, -0.2) is 9.48 Å². The number of fused-ring (bicyclic) bond motifs is 4. The molecule has 1 saturated carbocycles. The molecule has 13 nitrogen and oxygen atoms in total. The van der Waals surface area contributed by atoms with Crippen molar-refractivity contribution in [3.05, 3.63) is 108 Å². The molecule has 8 rings (SSSR count). The van der Waals surface area contributed by atoms with E-state index < -0.39 is 17.7 Å². The Bertz CT molecular complexity index is 2530. The summed E-state index contributed by atoms with van der Waals surface area (Å²) in [6.45, 7) is 4.14. The van der Waals surface area contributed by atoms with Crippen LogP contribution in [0, 0.1) is 6.92 Å². The first-order chi connectivity index (χ1) is 27.1. The summed E-state index contributed by atoms with van der Waals surface area (Å²) in [6, 6.07) is 17.7. The summed E-state index contributed by atoms with van der Waals surface area (Å²) in [5, 5.41) is 48.6. The second kappa shape index (κ2) is 15.9. The number of pyridine rings is 1. The van der Waals surface area contributed by atoms with Crippen LogP contribution in [0.4, 0.5) is 0 Å². The Hall–Kier alpha value is -4.90. The number of rotatable bonds is 14. The molecule has 0 aliphatic heterocycles. The zero-order valence-electron chi connectivity index (χ0n) is 31.1. The second-order valence-electron chi connectivity index (χ2n) is 14.6. The Morgan fingerprint density at radius 3 is 2.73 bits per heavy atom. The van der Waals surface area contributed by atoms with Crippen LogP contribution in [0.15, 0.2) is 81.5 Å². The van der Waals surface area contributed by atoms with E-state index >= 15 is 0 Å². The average Bonchev–Trinajstić information content (AvgIpc) is 4.03. The Balaban J connectivity index is 0.847. The number of nitrogens with one attached hydrogen (secondary N) is 2. The molecule has 5 heterocycles. The van der Waals surface area contributed by atoms with Gasteiger partial charge in [-0.05, 0) is 112 Å². The molecule has 0 amide bonds. The molecule has 2 atom stereocenters. The quantitative estimate of drug-likeness (QED) is 0.0805. The third-order valence-corrected chi connectivity index (χ3v) is 13.0. The number of aromatic nitrogens is 4. The highest BCUT2D eigenvalue weighted by atomic mass is 32.1. The van der Waals surface area contributed by atoms with Gasteiger partial charge in [-0.1, -0.05) is 17.3 Å². The number of H-pyrrole nitrogens is 1. The number of aliphatic hydroxyl groups is 2. The monoisotopic (exact) mass is 796 g/mol. The van der Waals surface area contributed by atoms with Crippen molar-refractivity contribution in [1.29, 1.82) is 0 Å². The number of nitrogens with zero attached hydrogens (tertiary/aromatic N) is 4. The number of carbonyl (C=O) groups is 1. The van der Waals surface area contributed by atoms with Gasteiger partial charge in [-0.15, -0.1) is 27.8 Å². The lowest BCUT2D eigenvalue weighted by Gasteiger charge is -2.35. The minimum Gasteiger partial charge on any atom is -0.506 e. The van der Waals surface area contributed by atoms with Gasteiger partial charge in [0, 0.05) is 47.4 Å². The maximum Gasteiger partial charge on any atom is 0.349 e. The fourth-order valence-corrected chi connectivity index (χ4v) is 9.73. The van der Waals surface area contributed by atoms with Gasteiger partial charge in [-0.2, -0.15) is 0 Å². The molecule has 0 bridgehead atoms. The predicted octanol–water partition coefficient (Wildman–Crippen LogP) is 6.09. The molecule has 2 aromatic carbocycles. The fourth-order valence-electron chi connectivity index (χ4n) is 7.88. The predicted molar refractivity (Wildman–Crippen MR) is 216 cm³/mol. The van der Waals surface area contributed by atoms with E-state index in [1.807, 2.05) is 47.3 Å². The number of aromatic hydroxyl groups is 1. The van der Waals surface area contributed by atoms with Crippen LogP contribution in [0.5, 0.6) is 5.75 Å². The number of aryl methyl sites for hydroxylation is 2. The summed E-state index contributed by atoms with van der Waals surface area (Å²) in [5.41, 5.74) is 1.98. The van der Waals surface area contributed by atoms with E-state index in [4.69, 9.17) is 9.15 Å². The van der Waals surface area contributed by atoms with Gasteiger partial charge in [0.2, 0.25) is 11.2 Å². The van der Waals surface area contributed by atoms with Crippen molar-refractivity contribution in [2.75, 3.05) is 20.1 Å². The number of carbonyl (C=O) groups excluding carboxylic acids is 1. The average molecular weight is 797 g/mol. The molecule has 0 saturated heterocycles. The lowest BCUT2D eigenvalue weighted by Crippen LogP contribution is -2.42. The van der Waals surface area contributed by atoms with Crippen molar-refractivity contribution < 1.29 is 29.3 Å². The minimum atomic E-state index is -1.80. The van der Waals surface area contributed by atoms with E-state index in [9.17, 15) is 24.9 Å². The van der Waals surface area contributed by atoms with Gasteiger partial charge in [0.1, 0.15) is 22.9 Å². The highest BCUT2D eigenvalue weighted by molar-refractivity contribution is 7.13. The zero-order valence-corrected chi connectivity index (χ0v) is 32.7. The number of phenols is 1. The van der Waals surface area contributed by atoms with Crippen LogP contribution < -0.4 is 10.9 Å². The minimum absolute atomic E-state index is 0.0531. The van der Waals surface area contributed by atoms with Gasteiger partial charge in [0.15, 0.2) is 5.58 Å². The topological polar surface area (TPSA) is 179 Å². The van der Waals surface area contributed by atoms with Crippen LogP contribution in [0.1, 0.15) is 64.0 Å². The molecule has 1 aliphatic rings. The number of esters is 1. The molecule has 0 radical (unpaired) electrons. The second-order valence-corrected chi connectivity index (χ2v) is 16.8. The molecular formula is C41H44N6O7S2. The summed E-state index contributed by atoms with van der Waals surface area (Å²) in [7, 11) is 2.14. The van der Waals surface area contributed by atoms with E-state index in [1.165, 1.54) is 34.8 Å². The third-order valence-electron chi connectivity index (χ3n) is 10.9. The van der Waals surface area contributed by atoms with Gasteiger partial charge < -0.3 is 39.7 Å². The van der Waals surface area contributed by atoms with E-state index in [2.05, 4.69) is 32.6 Å². The van der Waals surface area contributed by atoms with Gasteiger partial charge in [0.25, 0.3) is 0 Å². The standard InChI is InChI=1S/C41H44N6O7S2/c1-24-6-14-35(56-24)41(52,34-5-3-20-55-34)40(51)54-27-9-7-26(8-10-27)46(2)17-4-18-47-38-31(44-45-47)21-25(28-16-19-53-39(28)38)22-42-23-33(49)29-11-13-32(48)37-30(29)12-15-36(50)43-37/h3,5-6,11-16,19-21,26-27,33,42,48-49,52H,4,7-10,17-18,22-23H2,1-2H3,(H,43,50)/t26-,27-,33-,41?/m0/s1. The van der Waals surface area contributed by atoms with Crippen molar-refractivity contribution in [3.63, 3.8) is 0 Å². The molecule has 292 valence electrons. The molecule has 56 heavy (non-hydrogen) atoms. The first kappa shape index (κ1) is 38.0. The Kier molecular flexibility index (Phi) is 10.8. The molecule has 5 aromatic heterocycles. The lowest BCUT2D eigenvalue weighted by atomic mass is 9.91. The number of thiophene rings is 2. The highest BCUT2D eigenvalue weighted by Crippen LogP contribution is 2.39. The number of aromatic amines is 1. The Morgan fingerprint density at radius 1 is 1.12 bits per heavy atom. The molecule has 1 unspecified atom stereocenters. The molecule has 1 aliphatic carbocycles. The van der Waals surface area contributed by atoms with Crippen LogP contribution in [-0.2, 0) is 28.2 Å². The molecule has 0 spiro atoms. The van der Waals surface area contributed by atoms with Crippen molar-refractivity contribution in [2.24, 2.45) is 0 Å². The largest absolute Gasteiger partial charge is 0.506 e. The molecule has 7 aromatic rings. The van der Waals surface area contributed by atoms with Gasteiger partial charge in [0.05, 0.1) is 27.6 Å². The van der Waals surface area contributed by atoms with Crippen molar-refractivity contribution in [2.45, 2.75) is 76.0 Å². The van der Waals surface area contributed by atoms with E-state index in [-0.39, 0.29) is 24.0 Å². The number of phenolic OH excluding ortho intramolecular Hbond substituents is 1. The summed E-state index contributed by atoms with van der Waals surface area (Å²) in [5.74, 6) is -0.658. The van der Waals surface area contributed by atoms with E-state index in [0.29, 0.717) is 50.9 Å². The van der Waals surface area contributed by atoms with Crippen LogP contribution >= 0.6 is 22.7 Å². The first-order valence-corrected chi connectivity index (χ1v) is 20.5. The number of aliphatic hydroxyl groups excluding tert-OH is 1. The van der Waals surface area contributed by atoms with E-state index in [0.717, 1.165) is 65.5 Å². The van der Waals surface area contributed by atoms with Crippen LogP contribution in [0.3, 0.4) is 0 Å². The van der Waals surface area contributed by atoms with Crippen molar-refractivity contribution >= 4 is 61.5 Å². The Labute approximate surface area is 330 Å². The van der Waals surface area contributed by atoms with Crippen molar-refractivity contribution in [1.82, 2.24) is 30.2 Å². The number of furan rings is 1. The van der Waals surface area contributed by atoms with Crippen LogP contribution in [-0.4, -0.2) is 78.4 Å². The summed E-state index contributed by atoms with van der Waals surface area (Å²) >= 11 is 2.76. The highest BCUT2D eigenvalue weighted by Gasteiger charge is 2.45. The maximum absolute atomic E-state index is 13.5. The fraction of sp³-hybridized carbons (Fsp3) is 0.366. The summed E-state index contributed by atoms with van der Waals surface area (Å²) in [4.78, 5) is 32.5. The normalized spacial score (nSPS) is 17.9. The number of hydrogen-bond acceptors (Lipinski definition) is 13. The molecule has 5 N–H and O–H groups in total. The van der Waals surface area contributed by atoms with Crippen LogP contribution in [0.25, 0.3) is 32.9 Å². The SMILES string of the molecule is Cc1ccc(C(O)(C(=O)O[C@H]2CC[C@H](N(C)CCCn3nnc4cc(CNC[C@H](O)c5ccc(O)c6[nH]c(=O)ccc56)c5ccoc5c43)CC2)c2cccs2)s1. The first-order valence-electron chi connectivity index (χ1n) is 18.8. The Morgan fingerprint density at radius 2 is 1.96 bits per heavy atom.